The van der Waals surface area contributed by atoms with Gasteiger partial charge in [-0.25, -0.2) is 0 Å². The molecule has 0 atom stereocenters. The predicted octanol–water partition coefficient (Wildman–Crippen LogP) is 6.67. The molecule has 0 aliphatic rings. The molecular formula is C31H23IrN3O2-2. The summed E-state index contributed by atoms with van der Waals surface area (Å²) in [6.45, 7) is 5.70. The van der Waals surface area contributed by atoms with Crippen LogP contribution in [-0.4, -0.2) is 15.0 Å². The molecule has 6 heteroatoms. The Labute approximate surface area is 228 Å². The van der Waals surface area contributed by atoms with Gasteiger partial charge < -0.3 is 14.4 Å². The summed E-state index contributed by atoms with van der Waals surface area (Å²) in [5, 5.41) is 1.09. The number of benzene rings is 2. The number of aryl methyl sites for hydroxylation is 3. The van der Waals surface area contributed by atoms with Crippen molar-refractivity contribution in [3.05, 3.63) is 124 Å². The zero-order valence-corrected chi connectivity index (χ0v) is 23.0. The smallest absolute Gasteiger partial charge is 0.182 e. The fraction of sp³-hybridized carbons (Fsp3) is 0.0968. The van der Waals surface area contributed by atoms with Crippen LogP contribution in [0.4, 0.5) is 0 Å². The molecule has 0 amide bonds. The third-order valence-corrected chi connectivity index (χ3v) is 5.81. The van der Waals surface area contributed by atoms with E-state index in [0.717, 1.165) is 28.2 Å². The standard InChI is InChI=1S/C20H15N2O2.C11H8N.Ir/c1-11-6-5-9-21-17(11)14-7-4-8-15-18(23)16-10-12(2)22-13(3)19(16)24-20(14)15;1-2-6-10(7-3-1)11-8-4-5-9-12-11;/h4-6,8-10H,1-3H3;1-6,8-9H;/q2*-1;. The van der Waals surface area contributed by atoms with Crippen molar-refractivity contribution < 1.29 is 24.5 Å². The molecule has 6 aromatic rings. The molecule has 4 aromatic heterocycles. The Hall–Kier alpha value is -3.99. The van der Waals surface area contributed by atoms with Gasteiger partial charge in [0.25, 0.3) is 0 Å². The Morgan fingerprint density at radius 2 is 1.59 bits per heavy atom. The predicted molar refractivity (Wildman–Crippen MR) is 143 cm³/mol. The molecule has 0 aliphatic carbocycles. The van der Waals surface area contributed by atoms with Gasteiger partial charge in [0.1, 0.15) is 5.58 Å². The Bertz CT molecular complexity index is 1700. The van der Waals surface area contributed by atoms with Crippen LogP contribution in [0, 0.1) is 32.9 Å². The molecule has 4 heterocycles. The molecule has 0 N–H and O–H groups in total. The minimum absolute atomic E-state index is 0. The van der Waals surface area contributed by atoms with E-state index < -0.39 is 0 Å². The van der Waals surface area contributed by atoms with Crippen molar-refractivity contribution in [2.24, 2.45) is 0 Å². The van der Waals surface area contributed by atoms with E-state index in [-0.39, 0.29) is 25.5 Å². The van der Waals surface area contributed by atoms with Crippen LogP contribution in [0.1, 0.15) is 17.0 Å². The van der Waals surface area contributed by atoms with E-state index in [2.05, 4.69) is 27.1 Å². The van der Waals surface area contributed by atoms with Gasteiger partial charge in [-0.2, -0.15) is 0 Å². The summed E-state index contributed by atoms with van der Waals surface area (Å²) in [4.78, 5) is 26.0. The molecule has 0 fully saturated rings. The number of hydrogen-bond donors (Lipinski definition) is 0. The second-order valence-electron chi connectivity index (χ2n) is 8.41. The largest absolute Gasteiger partial charge is 0.498 e. The molecule has 0 unspecified atom stereocenters. The molecule has 0 saturated carbocycles. The molecule has 1 radical (unpaired) electrons. The minimum atomic E-state index is -0.0521. The second-order valence-corrected chi connectivity index (χ2v) is 8.41. The van der Waals surface area contributed by atoms with Crippen molar-refractivity contribution in [2.75, 3.05) is 0 Å². The fourth-order valence-electron chi connectivity index (χ4n) is 4.13. The van der Waals surface area contributed by atoms with Crippen LogP contribution in [0.25, 0.3) is 44.5 Å². The van der Waals surface area contributed by atoms with Crippen LogP contribution in [-0.2, 0) is 20.1 Å². The van der Waals surface area contributed by atoms with Gasteiger partial charge in [-0.3, -0.25) is 9.78 Å². The van der Waals surface area contributed by atoms with Crippen LogP contribution >= 0.6 is 0 Å². The second kappa shape index (κ2) is 11.4. The summed E-state index contributed by atoms with van der Waals surface area (Å²) >= 11 is 0. The first-order chi connectivity index (χ1) is 17.5. The van der Waals surface area contributed by atoms with E-state index in [1.807, 2.05) is 75.4 Å². The van der Waals surface area contributed by atoms with Crippen molar-refractivity contribution in [3.8, 4) is 22.5 Å². The van der Waals surface area contributed by atoms with Crippen molar-refractivity contribution in [3.63, 3.8) is 0 Å². The molecular weight excluding hydrogens is 639 g/mol. The van der Waals surface area contributed by atoms with Crippen molar-refractivity contribution in [1.82, 2.24) is 15.0 Å². The summed E-state index contributed by atoms with van der Waals surface area (Å²) in [5.41, 5.74) is 6.96. The molecule has 0 aliphatic heterocycles. The molecule has 0 saturated heterocycles. The van der Waals surface area contributed by atoms with E-state index in [0.29, 0.717) is 33.2 Å². The molecule has 6 rings (SSSR count). The molecule has 0 spiro atoms. The number of nitrogens with zero attached hydrogens (tertiary/aromatic N) is 3. The zero-order chi connectivity index (χ0) is 25.1. The normalized spacial score (nSPS) is 10.5. The van der Waals surface area contributed by atoms with E-state index in [9.17, 15) is 4.79 Å². The Morgan fingerprint density at radius 1 is 0.784 bits per heavy atom. The first-order valence-corrected chi connectivity index (χ1v) is 11.6. The van der Waals surface area contributed by atoms with E-state index in [4.69, 9.17) is 4.42 Å². The van der Waals surface area contributed by atoms with Gasteiger partial charge in [0, 0.05) is 38.2 Å². The summed E-state index contributed by atoms with van der Waals surface area (Å²) in [6.07, 6.45) is 3.51. The topological polar surface area (TPSA) is 68.9 Å². The first kappa shape index (κ1) is 26.1. The van der Waals surface area contributed by atoms with Crippen molar-refractivity contribution in [1.29, 1.82) is 0 Å². The van der Waals surface area contributed by atoms with Crippen molar-refractivity contribution in [2.45, 2.75) is 20.8 Å². The Balaban J connectivity index is 0.000000208. The maximum atomic E-state index is 12.9. The van der Waals surface area contributed by atoms with Crippen molar-refractivity contribution >= 4 is 21.9 Å². The van der Waals surface area contributed by atoms with Gasteiger partial charge in [0.15, 0.2) is 5.43 Å². The monoisotopic (exact) mass is 662 g/mol. The summed E-state index contributed by atoms with van der Waals surface area (Å²) in [5.74, 6) is 0. The molecule has 5 nitrogen and oxygen atoms in total. The van der Waals surface area contributed by atoms with Gasteiger partial charge in [0.2, 0.25) is 0 Å². The van der Waals surface area contributed by atoms with Gasteiger partial charge >= 0.3 is 0 Å². The summed E-state index contributed by atoms with van der Waals surface area (Å²) in [6, 6.07) is 29.1. The quantitative estimate of drug-likeness (QED) is 0.153. The van der Waals surface area contributed by atoms with Crippen LogP contribution in [0.3, 0.4) is 0 Å². The zero-order valence-electron chi connectivity index (χ0n) is 20.6. The third kappa shape index (κ3) is 5.41. The van der Waals surface area contributed by atoms with Gasteiger partial charge in [0.05, 0.1) is 16.7 Å². The van der Waals surface area contributed by atoms with Crippen LogP contribution < -0.4 is 5.43 Å². The molecule has 2 aromatic carbocycles. The Kier molecular flexibility index (Phi) is 8.02. The molecule has 185 valence electrons. The van der Waals surface area contributed by atoms with E-state index >= 15 is 0 Å². The fourth-order valence-corrected chi connectivity index (χ4v) is 4.13. The molecule has 37 heavy (non-hydrogen) atoms. The van der Waals surface area contributed by atoms with Gasteiger partial charge in [-0.1, -0.05) is 29.3 Å². The third-order valence-electron chi connectivity index (χ3n) is 5.81. The Morgan fingerprint density at radius 3 is 2.32 bits per heavy atom. The van der Waals surface area contributed by atoms with Crippen LogP contribution in [0.5, 0.6) is 0 Å². The van der Waals surface area contributed by atoms with E-state index in [1.165, 1.54) is 0 Å². The number of pyridine rings is 3. The maximum Gasteiger partial charge on any atom is 0.182 e. The SMILES string of the molecule is Cc1cc2c(=O)c3cc[c-]c(-c4ncccc4C)c3oc2c(C)n1.[Ir].[c-]1ccccc1-c1ccccn1. The number of aromatic nitrogens is 3. The summed E-state index contributed by atoms with van der Waals surface area (Å²) < 4.78 is 6.12. The molecule has 0 bridgehead atoms. The van der Waals surface area contributed by atoms with Gasteiger partial charge in [-0.05, 0) is 55.7 Å². The van der Waals surface area contributed by atoms with Crippen LogP contribution in [0.15, 0.2) is 94.4 Å². The maximum absolute atomic E-state index is 12.9. The van der Waals surface area contributed by atoms with Crippen LogP contribution in [0.2, 0.25) is 0 Å². The van der Waals surface area contributed by atoms with Gasteiger partial charge in [-0.15, -0.1) is 54.1 Å². The summed E-state index contributed by atoms with van der Waals surface area (Å²) in [7, 11) is 0. The average Bonchev–Trinajstić information content (AvgIpc) is 2.91. The minimum Gasteiger partial charge on any atom is -0.498 e. The first-order valence-electron chi connectivity index (χ1n) is 11.6. The average molecular weight is 662 g/mol. The number of hydrogen-bond acceptors (Lipinski definition) is 5. The number of rotatable bonds is 2. The number of fused-ring (bicyclic) bond motifs is 2. The van der Waals surface area contributed by atoms with E-state index in [1.54, 1.807) is 30.6 Å².